The molecule has 0 radical (unpaired) electrons. The lowest BCUT2D eigenvalue weighted by Crippen LogP contribution is -2.32. The van der Waals surface area contributed by atoms with E-state index in [0.29, 0.717) is 18.3 Å². The van der Waals surface area contributed by atoms with Gasteiger partial charge in [-0.1, -0.05) is 13.0 Å². The van der Waals surface area contributed by atoms with Crippen LogP contribution in [0.2, 0.25) is 0 Å². The molecule has 1 unspecified atom stereocenters. The lowest BCUT2D eigenvalue weighted by molar-refractivity contribution is -0.117. The van der Waals surface area contributed by atoms with E-state index in [9.17, 15) is 4.79 Å². The van der Waals surface area contributed by atoms with E-state index in [1.54, 1.807) is 0 Å². The van der Waals surface area contributed by atoms with Crippen molar-refractivity contribution >= 4 is 22.5 Å². The molecule has 0 bridgehead atoms. The van der Waals surface area contributed by atoms with Gasteiger partial charge in [-0.05, 0) is 75.4 Å². The zero-order chi connectivity index (χ0) is 18.5. The number of fused-ring (bicyclic) bond motifs is 1. The fraction of sp³-hybridized carbons (Fsp3) is 0.571. The third-order valence-electron chi connectivity index (χ3n) is 5.54. The Bertz CT molecular complexity index is 731. The van der Waals surface area contributed by atoms with Crippen LogP contribution >= 0.6 is 0 Å². The van der Waals surface area contributed by atoms with Crippen molar-refractivity contribution in [1.82, 2.24) is 14.8 Å². The number of anilines is 1. The van der Waals surface area contributed by atoms with E-state index in [0.717, 1.165) is 31.9 Å². The first-order valence-electron chi connectivity index (χ1n) is 9.77. The number of hydrogen-bond donors (Lipinski definition) is 2. The van der Waals surface area contributed by atoms with Crippen LogP contribution in [0.4, 0.5) is 5.69 Å². The number of rotatable bonds is 7. The van der Waals surface area contributed by atoms with Gasteiger partial charge in [0.05, 0.1) is 5.52 Å². The quantitative estimate of drug-likeness (QED) is 0.801. The third kappa shape index (κ3) is 4.86. The van der Waals surface area contributed by atoms with Crippen molar-refractivity contribution in [3.8, 4) is 0 Å². The first-order chi connectivity index (χ1) is 12.5. The van der Waals surface area contributed by atoms with Crippen molar-refractivity contribution in [1.29, 1.82) is 0 Å². The molecule has 26 heavy (non-hydrogen) atoms. The highest BCUT2D eigenvalue weighted by Gasteiger charge is 2.22. The summed E-state index contributed by atoms with van der Waals surface area (Å²) < 4.78 is 2.25. The van der Waals surface area contributed by atoms with Crippen molar-refractivity contribution in [3.63, 3.8) is 0 Å². The first-order valence-corrected chi connectivity index (χ1v) is 9.77. The Labute approximate surface area is 156 Å². The summed E-state index contributed by atoms with van der Waals surface area (Å²) in [6.45, 7) is 6.31. The maximum Gasteiger partial charge on any atom is 0.224 e. The number of carbonyl (C=O) groups excluding carboxylic acids is 1. The Morgan fingerprint density at radius 2 is 2.08 bits per heavy atom. The zero-order valence-electron chi connectivity index (χ0n) is 16.3. The highest BCUT2D eigenvalue weighted by molar-refractivity contribution is 5.93. The van der Waals surface area contributed by atoms with Gasteiger partial charge in [0.2, 0.25) is 5.91 Å². The molecule has 5 heteroatoms. The molecule has 1 aromatic carbocycles. The summed E-state index contributed by atoms with van der Waals surface area (Å²) in [7, 11) is 4.17. The van der Waals surface area contributed by atoms with E-state index in [2.05, 4.69) is 65.5 Å². The monoisotopic (exact) mass is 356 g/mol. The standard InChI is InChI=1S/C21H32N4O/c1-16(17-6-9-22-10-7-17)14-21(26)23-19-5-4-18-8-11-25(20(18)15-19)13-12-24(2)3/h4-5,8,11,15-17,22H,6-7,9-10,12-14H2,1-3H3,(H,23,26). The van der Waals surface area contributed by atoms with E-state index < -0.39 is 0 Å². The number of nitrogens with zero attached hydrogens (tertiary/aromatic N) is 2. The summed E-state index contributed by atoms with van der Waals surface area (Å²) in [5.41, 5.74) is 2.07. The van der Waals surface area contributed by atoms with Crippen LogP contribution in [0.15, 0.2) is 30.5 Å². The second-order valence-corrected chi connectivity index (χ2v) is 7.90. The molecule has 1 saturated heterocycles. The Kier molecular flexibility index (Phi) is 6.33. The summed E-state index contributed by atoms with van der Waals surface area (Å²) in [6, 6.07) is 8.33. The third-order valence-corrected chi connectivity index (χ3v) is 5.54. The SMILES string of the molecule is CC(CC(=O)Nc1ccc2ccn(CCN(C)C)c2c1)C1CCNCC1. The second-order valence-electron chi connectivity index (χ2n) is 7.90. The summed E-state index contributed by atoms with van der Waals surface area (Å²) in [5, 5.41) is 7.71. The molecule has 2 heterocycles. The fourth-order valence-electron chi connectivity index (χ4n) is 3.85. The van der Waals surface area contributed by atoms with E-state index in [4.69, 9.17) is 0 Å². The number of benzene rings is 1. The molecule has 0 spiro atoms. The number of carbonyl (C=O) groups is 1. The number of piperidine rings is 1. The molecule has 1 aliphatic rings. The fourth-order valence-corrected chi connectivity index (χ4v) is 3.85. The van der Waals surface area contributed by atoms with Gasteiger partial charge >= 0.3 is 0 Å². The Hall–Kier alpha value is -1.85. The van der Waals surface area contributed by atoms with E-state index in [1.165, 1.54) is 23.7 Å². The van der Waals surface area contributed by atoms with Crippen LogP contribution in [0.1, 0.15) is 26.2 Å². The molecule has 1 fully saturated rings. The normalized spacial score (nSPS) is 16.9. The van der Waals surface area contributed by atoms with Crippen molar-refractivity contribution in [2.75, 3.05) is 39.0 Å². The second kappa shape index (κ2) is 8.69. The number of likely N-dealkylation sites (N-methyl/N-ethyl adjacent to an activating group) is 1. The molecule has 1 atom stereocenters. The largest absolute Gasteiger partial charge is 0.346 e. The molecule has 142 valence electrons. The predicted molar refractivity (Wildman–Crippen MR) is 108 cm³/mol. The Morgan fingerprint density at radius 1 is 1.31 bits per heavy atom. The van der Waals surface area contributed by atoms with Gasteiger partial charge in [-0.25, -0.2) is 0 Å². The van der Waals surface area contributed by atoms with Gasteiger partial charge < -0.3 is 20.1 Å². The van der Waals surface area contributed by atoms with E-state index in [-0.39, 0.29) is 5.91 Å². The smallest absolute Gasteiger partial charge is 0.224 e. The minimum atomic E-state index is 0.127. The highest BCUT2D eigenvalue weighted by Crippen LogP contribution is 2.25. The summed E-state index contributed by atoms with van der Waals surface area (Å²) >= 11 is 0. The maximum atomic E-state index is 12.5. The zero-order valence-corrected chi connectivity index (χ0v) is 16.3. The van der Waals surface area contributed by atoms with Crippen LogP contribution in [-0.2, 0) is 11.3 Å². The molecular weight excluding hydrogens is 324 g/mol. The van der Waals surface area contributed by atoms with Crippen LogP contribution in [0, 0.1) is 11.8 Å². The summed E-state index contributed by atoms with van der Waals surface area (Å²) in [4.78, 5) is 14.7. The molecule has 1 aromatic heterocycles. The topological polar surface area (TPSA) is 49.3 Å². The lowest BCUT2D eigenvalue weighted by atomic mass is 9.84. The van der Waals surface area contributed by atoms with Crippen LogP contribution in [-0.4, -0.2) is 49.1 Å². The Balaban J connectivity index is 1.62. The number of hydrogen-bond acceptors (Lipinski definition) is 3. The summed E-state index contributed by atoms with van der Waals surface area (Å²) in [5.74, 6) is 1.22. The minimum absolute atomic E-state index is 0.127. The molecule has 1 amide bonds. The average molecular weight is 357 g/mol. The minimum Gasteiger partial charge on any atom is -0.346 e. The van der Waals surface area contributed by atoms with E-state index >= 15 is 0 Å². The maximum absolute atomic E-state index is 12.5. The number of aromatic nitrogens is 1. The predicted octanol–water partition coefficient (Wildman–Crippen LogP) is 3.17. The van der Waals surface area contributed by atoms with Crippen molar-refractivity contribution in [2.45, 2.75) is 32.7 Å². The first kappa shape index (κ1) is 18.9. The molecule has 2 N–H and O–H groups in total. The van der Waals surface area contributed by atoms with Crippen LogP contribution in [0.25, 0.3) is 10.9 Å². The van der Waals surface area contributed by atoms with Crippen LogP contribution in [0.3, 0.4) is 0 Å². The number of nitrogens with one attached hydrogen (secondary N) is 2. The highest BCUT2D eigenvalue weighted by atomic mass is 16.1. The van der Waals surface area contributed by atoms with Gasteiger partial charge in [-0.2, -0.15) is 0 Å². The van der Waals surface area contributed by atoms with Gasteiger partial charge in [0.15, 0.2) is 0 Å². The molecule has 2 aromatic rings. The molecule has 5 nitrogen and oxygen atoms in total. The van der Waals surface area contributed by atoms with Gasteiger partial charge in [-0.3, -0.25) is 4.79 Å². The molecular formula is C21H32N4O. The van der Waals surface area contributed by atoms with Crippen LogP contribution < -0.4 is 10.6 Å². The number of amides is 1. The molecule has 0 aliphatic carbocycles. The van der Waals surface area contributed by atoms with Crippen LogP contribution in [0.5, 0.6) is 0 Å². The molecule has 3 rings (SSSR count). The van der Waals surface area contributed by atoms with Gasteiger partial charge in [0.1, 0.15) is 0 Å². The van der Waals surface area contributed by atoms with Crippen molar-refractivity contribution < 1.29 is 4.79 Å². The van der Waals surface area contributed by atoms with Gasteiger partial charge in [-0.15, -0.1) is 0 Å². The summed E-state index contributed by atoms with van der Waals surface area (Å²) in [6.07, 6.45) is 5.09. The molecule has 1 aliphatic heterocycles. The van der Waals surface area contributed by atoms with Crippen molar-refractivity contribution in [2.24, 2.45) is 11.8 Å². The Morgan fingerprint density at radius 3 is 2.81 bits per heavy atom. The van der Waals surface area contributed by atoms with Gasteiger partial charge in [0, 0.05) is 31.4 Å². The lowest BCUT2D eigenvalue weighted by Gasteiger charge is -2.27. The van der Waals surface area contributed by atoms with E-state index in [1.807, 2.05) is 6.07 Å². The van der Waals surface area contributed by atoms with Gasteiger partial charge in [0.25, 0.3) is 0 Å². The molecule has 0 saturated carbocycles. The average Bonchev–Trinajstić information content (AvgIpc) is 3.03. The van der Waals surface area contributed by atoms with Crippen molar-refractivity contribution in [3.05, 3.63) is 30.5 Å².